The van der Waals surface area contributed by atoms with E-state index >= 15 is 0 Å². The number of aromatic hydroxyl groups is 1. The first kappa shape index (κ1) is 25.4. The van der Waals surface area contributed by atoms with Crippen LogP contribution in [0.1, 0.15) is 5.56 Å². The minimum absolute atomic E-state index is 0.0774. The molecule has 0 spiro atoms. The van der Waals surface area contributed by atoms with Gasteiger partial charge in [0.25, 0.3) is 0 Å². The number of nitrogens with zero attached hydrogens (tertiary/aromatic N) is 4. The lowest BCUT2D eigenvalue weighted by molar-refractivity contribution is 0.0730. The Morgan fingerprint density at radius 1 is 1.08 bits per heavy atom. The second-order valence-corrected chi connectivity index (χ2v) is 11.7. The number of benzene rings is 2. The molecule has 9 nitrogen and oxygen atoms in total. The summed E-state index contributed by atoms with van der Waals surface area (Å²) in [6, 6.07) is 15.4. The first-order chi connectivity index (χ1) is 18.0. The molecule has 1 aliphatic heterocycles. The van der Waals surface area contributed by atoms with Crippen LogP contribution in [0.25, 0.3) is 10.6 Å². The van der Waals surface area contributed by atoms with Gasteiger partial charge in [-0.1, -0.05) is 6.07 Å². The number of rotatable bonds is 7. The molecule has 5 rings (SSSR count). The minimum Gasteiger partial charge on any atom is -0.507 e. The fourth-order valence-electron chi connectivity index (χ4n) is 3.71. The number of aromatic nitrogens is 1. The number of phenols is 1. The summed E-state index contributed by atoms with van der Waals surface area (Å²) >= 11 is 2.99. The van der Waals surface area contributed by atoms with Gasteiger partial charge in [-0.05, 0) is 53.9 Å². The Labute approximate surface area is 222 Å². The van der Waals surface area contributed by atoms with Crippen LogP contribution in [-0.4, -0.2) is 62.1 Å². The van der Waals surface area contributed by atoms with Gasteiger partial charge in [0.15, 0.2) is 0 Å². The van der Waals surface area contributed by atoms with Gasteiger partial charge in [-0.25, -0.2) is 18.1 Å². The Hall–Kier alpha value is -3.29. The van der Waals surface area contributed by atoms with Crippen molar-refractivity contribution in [1.82, 2.24) is 8.98 Å². The van der Waals surface area contributed by atoms with E-state index in [1.165, 1.54) is 15.6 Å². The van der Waals surface area contributed by atoms with Crippen LogP contribution in [0.3, 0.4) is 0 Å². The maximum absolute atomic E-state index is 12.9. The predicted octanol–water partition coefficient (Wildman–Crippen LogP) is 4.13. The van der Waals surface area contributed by atoms with Gasteiger partial charge in [0.2, 0.25) is 14.8 Å². The second-order valence-electron chi connectivity index (χ2n) is 7.98. The Balaban J connectivity index is 1.51. The third-order valence-electron chi connectivity index (χ3n) is 5.68. The molecular formula is C25H24N4O5S3. The van der Waals surface area contributed by atoms with Crippen molar-refractivity contribution in [3.05, 3.63) is 75.7 Å². The first-order valence-electron chi connectivity index (χ1n) is 11.3. The molecule has 2 aromatic heterocycles. The molecule has 0 saturated carbocycles. The molecule has 1 saturated heterocycles. The zero-order chi connectivity index (χ0) is 25.8. The van der Waals surface area contributed by atoms with E-state index in [1.807, 2.05) is 22.9 Å². The van der Waals surface area contributed by atoms with Gasteiger partial charge in [0, 0.05) is 24.0 Å². The molecule has 1 N–H and O–H groups in total. The molecule has 0 radical (unpaired) electrons. The van der Waals surface area contributed by atoms with Crippen LogP contribution in [0.2, 0.25) is 0 Å². The number of sulfonamides is 1. The third-order valence-corrected chi connectivity index (χ3v) is 9.30. The SMILES string of the molecule is COc1ccc(O)c(C=Nn2c(-c3cccs3)csc2=Nc2ccc(S(=O)(=O)N3CCOCC3)cc2)c1. The van der Waals surface area contributed by atoms with Crippen LogP contribution in [0, 0.1) is 0 Å². The number of phenolic OH excluding ortho intramolecular Hbond substituents is 1. The summed E-state index contributed by atoms with van der Waals surface area (Å²) in [4.78, 5) is 6.55. The van der Waals surface area contributed by atoms with Gasteiger partial charge < -0.3 is 14.6 Å². The van der Waals surface area contributed by atoms with E-state index in [2.05, 4.69) is 5.10 Å². The first-order valence-corrected chi connectivity index (χ1v) is 14.5. The summed E-state index contributed by atoms with van der Waals surface area (Å²) in [6.07, 6.45) is 1.55. The lowest BCUT2D eigenvalue weighted by Gasteiger charge is -2.26. The molecule has 192 valence electrons. The van der Waals surface area contributed by atoms with E-state index in [-0.39, 0.29) is 10.6 Å². The highest BCUT2D eigenvalue weighted by Crippen LogP contribution is 2.27. The highest BCUT2D eigenvalue weighted by Gasteiger charge is 2.26. The number of ether oxygens (including phenoxy) is 2. The normalized spacial score (nSPS) is 15.4. The molecule has 0 unspecified atom stereocenters. The number of hydrogen-bond donors (Lipinski definition) is 1. The molecular weight excluding hydrogens is 532 g/mol. The molecule has 1 aliphatic rings. The molecule has 37 heavy (non-hydrogen) atoms. The molecule has 2 aromatic carbocycles. The van der Waals surface area contributed by atoms with Crippen LogP contribution < -0.4 is 9.54 Å². The second kappa shape index (κ2) is 11.0. The summed E-state index contributed by atoms with van der Waals surface area (Å²) in [5.41, 5.74) is 1.94. The Morgan fingerprint density at radius 3 is 2.57 bits per heavy atom. The molecule has 4 aromatic rings. The quantitative estimate of drug-likeness (QED) is 0.345. The van der Waals surface area contributed by atoms with Crippen LogP contribution in [0.4, 0.5) is 5.69 Å². The number of methoxy groups -OCH3 is 1. The maximum Gasteiger partial charge on any atom is 0.243 e. The predicted molar refractivity (Wildman–Crippen MR) is 145 cm³/mol. The van der Waals surface area contributed by atoms with Gasteiger partial charge >= 0.3 is 0 Å². The molecule has 1 fully saturated rings. The number of thiazole rings is 1. The molecule has 0 amide bonds. The Kier molecular flexibility index (Phi) is 7.53. The Bertz CT molecular complexity index is 1570. The van der Waals surface area contributed by atoms with Crippen LogP contribution in [0.5, 0.6) is 11.5 Å². The average Bonchev–Trinajstić information content (AvgIpc) is 3.59. The minimum atomic E-state index is -3.58. The number of hydrogen-bond acceptors (Lipinski definition) is 9. The monoisotopic (exact) mass is 556 g/mol. The van der Waals surface area contributed by atoms with Crippen molar-refractivity contribution in [2.45, 2.75) is 4.90 Å². The maximum atomic E-state index is 12.9. The molecule has 0 bridgehead atoms. The molecule has 3 heterocycles. The summed E-state index contributed by atoms with van der Waals surface area (Å²) in [5.74, 6) is 0.679. The smallest absolute Gasteiger partial charge is 0.243 e. The van der Waals surface area contributed by atoms with E-state index in [0.717, 1.165) is 10.6 Å². The van der Waals surface area contributed by atoms with Crippen LogP contribution in [0.15, 0.2) is 80.3 Å². The van der Waals surface area contributed by atoms with E-state index < -0.39 is 10.0 Å². The highest BCUT2D eigenvalue weighted by molar-refractivity contribution is 7.89. The van der Waals surface area contributed by atoms with E-state index in [4.69, 9.17) is 14.5 Å². The van der Waals surface area contributed by atoms with Crippen molar-refractivity contribution >= 4 is 44.6 Å². The van der Waals surface area contributed by atoms with Crippen LogP contribution >= 0.6 is 22.7 Å². The van der Waals surface area contributed by atoms with Gasteiger partial charge in [0.05, 0.1) is 47.7 Å². The van der Waals surface area contributed by atoms with Gasteiger partial charge in [-0.15, -0.1) is 22.7 Å². The van der Waals surface area contributed by atoms with Gasteiger partial charge in [0.1, 0.15) is 11.5 Å². The van der Waals surface area contributed by atoms with Gasteiger partial charge in [-0.2, -0.15) is 9.41 Å². The number of thiophene rings is 1. The van der Waals surface area contributed by atoms with Crippen molar-refractivity contribution in [3.63, 3.8) is 0 Å². The average molecular weight is 557 g/mol. The zero-order valence-corrected chi connectivity index (χ0v) is 22.3. The van der Waals surface area contributed by atoms with E-state index in [9.17, 15) is 13.5 Å². The van der Waals surface area contributed by atoms with Crippen molar-refractivity contribution in [2.75, 3.05) is 33.4 Å². The fraction of sp³-hybridized carbons (Fsp3) is 0.200. The van der Waals surface area contributed by atoms with E-state index in [1.54, 1.807) is 71.8 Å². The largest absolute Gasteiger partial charge is 0.507 e. The van der Waals surface area contributed by atoms with Crippen molar-refractivity contribution in [1.29, 1.82) is 0 Å². The summed E-state index contributed by atoms with van der Waals surface area (Å²) in [7, 11) is -2.02. The molecule has 12 heteroatoms. The third kappa shape index (κ3) is 5.53. The molecule has 0 atom stereocenters. The Morgan fingerprint density at radius 2 is 1.86 bits per heavy atom. The topological polar surface area (TPSA) is 106 Å². The summed E-state index contributed by atoms with van der Waals surface area (Å²) < 4.78 is 39.5. The van der Waals surface area contributed by atoms with Crippen molar-refractivity contribution in [2.24, 2.45) is 10.1 Å². The summed E-state index contributed by atoms with van der Waals surface area (Å²) in [5, 5.41) is 18.8. The lowest BCUT2D eigenvalue weighted by atomic mass is 10.2. The fourth-order valence-corrected chi connectivity index (χ4v) is 6.76. The van der Waals surface area contributed by atoms with Crippen LogP contribution in [-0.2, 0) is 14.8 Å². The van der Waals surface area contributed by atoms with Crippen molar-refractivity contribution in [3.8, 4) is 22.1 Å². The zero-order valence-electron chi connectivity index (χ0n) is 19.9. The molecule has 0 aliphatic carbocycles. The number of morpholine rings is 1. The standard InChI is InChI=1S/C25H24N4O5S3/c1-33-20-6-9-23(30)18(15-20)16-26-29-22(24-3-2-14-35-24)17-36-25(29)27-19-4-7-21(8-5-19)37(31,32)28-10-12-34-13-11-28/h2-9,14-17,30H,10-13H2,1H3. The van der Waals surface area contributed by atoms with E-state index in [0.29, 0.717) is 48.1 Å². The summed E-state index contributed by atoms with van der Waals surface area (Å²) in [6.45, 7) is 1.48. The lowest BCUT2D eigenvalue weighted by Crippen LogP contribution is -2.40. The van der Waals surface area contributed by atoms with Crippen molar-refractivity contribution < 1.29 is 23.0 Å². The highest BCUT2D eigenvalue weighted by atomic mass is 32.2. The van der Waals surface area contributed by atoms with Gasteiger partial charge in [-0.3, -0.25) is 0 Å².